The second-order valence-electron chi connectivity index (χ2n) is 4.51. The van der Waals surface area contributed by atoms with Crippen LogP contribution in [0.5, 0.6) is 5.75 Å². The molecule has 0 spiro atoms. The number of carbonyl (C=O) groups excluding carboxylic acids is 1. The molecule has 3 heteroatoms. The fraction of sp³-hybridized carbons (Fsp3) is 0.133. The van der Waals surface area contributed by atoms with Crippen molar-refractivity contribution in [3.05, 3.63) is 65.0 Å². The van der Waals surface area contributed by atoms with E-state index in [1.807, 2.05) is 6.07 Å². The van der Waals surface area contributed by atoms with Crippen molar-refractivity contribution in [3.8, 4) is 5.75 Å². The number of Topliss-reactive ketones (excluding diaryl/α,β-unsaturated/α-hetero) is 1. The van der Waals surface area contributed by atoms with Crippen LogP contribution in [-0.4, -0.2) is 10.9 Å². The number of ketones is 1. The molecular formula is C15H11FO2. The van der Waals surface area contributed by atoms with Crippen molar-refractivity contribution in [1.82, 2.24) is 0 Å². The maximum absolute atomic E-state index is 13.2. The summed E-state index contributed by atoms with van der Waals surface area (Å²) in [7, 11) is 0. The first kappa shape index (κ1) is 11.0. The largest absolute Gasteiger partial charge is 0.508 e. The number of carbonyl (C=O) groups is 1. The van der Waals surface area contributed by atoms with Crippen molar-refractivity contribution in [3.63, 3.8) is 0 Å². The van der Waals surface area contributed by atoms with E-state index < -0.39 is 0 Å². The third-order valence-corrected chi connectivity index (χ3v) is 3.35. The molecule has 1 aliphatic carbocycles. The van der Waals surface area contributed by atoms with Crippen LogP contribution >= 0.6 is 0 Å². The molecule has 2 aromatic carbocycles. The molecule has 1 atom stereocenters. The second-order valence-corrected chi connectivity index (χ2v) is 4.51. The van der Waals surface area contributed by atoms with Gasteiger partial charge in [-0.1, -0.05) is 18.2 Å². The van der Waals surface area contributed by atoms with Gasteiger partial charge in [0.1, 0.15) is 11.6 Å². The van der Waals surface area contributed by atoms with Crippen molar-refractivity contribution in [2.75, 3.05) is 0 Å². The number of fused-ring (bicyclic) bond motifs is 1. The van der Waals surface area contributed by atoms with Crippen molar-refractivity contribution in [2.24, 2.45) is 0 Å². The van der Waals surface area contributed by atoms with E-state index in [1.165, 1.54) is 18.2 Å². The van der Waals surface area contributed by atoms with Gasteiger partial charge in [-0.3, -0.25) is 4.79 Å². The van der Waals surface area contributed by atoms with Crippen molar-refractivity contribution < 1.29 is 14.3 Å². The molecule has 0 bridgehead atoms. The van der Waals surface area contributed by atoms with Crippen LogP contribution in [0.1, 0.15) is 33.8 Å². The van der Waals surface area contributed by atoms with Crippen LogP contribution in [0.4, 0.5) is 4.39 Å². The lowest BCUT2D eigenvalue weighted by atomic mass is 9.93. The molecule has 0 radical (unpaired) electrons. The summed E-state index contributed by atoms with van der Waals surface area (Å²) in [5, 5.41) is 9.40. The standard InChI is InChI=1S/C15H11FO2/c16-10-3-1-2-9(6-10)13-8-15(18)14-7-11(17)4-5-12(13)14/h1-7,13,17H,8H2. The van der Waals surface area contributed by atoms with E-state index in [9.17, 15) is 14.3 Å². The Morgan fingerprint density at radius 1 is 1.17 bits per heavy atom. The van der Waals surface area contributed by atoms with E-state index in [1.54, 1.807) is 18.2 Å². The molecule has 1 unspecified atom stereocenters. The third-order valence-electron chi connectivity index (χ3n) is 3.35. The van der Waals surface area contributed by atoms with Crippen LogP contribution in [0.2, 0.25) is 0 Å². The molecule has 0 aliphatic heterocycles. The van der Waals surface area contributed by atoms with Gasteiger partial charge in [-0.05, 0) is 35.4 Å². The van der Waals surface area contributed by atoms with Gasteiger partial charge in [0.2, 0.25) is 0 Å². The number of phenols is 1. The summed E-state index contributed by atoms with van der Waals surface area (Å²) in [4.78, 5) is 11.9. The van der Waals surface area contributed by atoms with E-state index in [2.05, 4.69) is 0 Å². The fourth-order valence-electron chi connectivity index (χ4n) is 2.52. The van der Waals surface area contributed by atoms with E-state index >= 15 is 0 Å². The highest BCUT2D eigenvalue weighted by atomic mass is 19.1. The fourth-order valence-corrected chi connectivity index (χ4v) is 2.52. The van der Waals surface area contributed by atoms with Gasteiger partial charge in [0.05, 0.1) is 0 Å². The minimum Gasteiger partial charge on any atom is -0.508 e. The van der Waals surface area contributed by atoms with Gasteiger partial charge in [-0.25, -0.2) is 4.39 Å². The van der Waals surface area contributed by atoms with Crippen LogP contribution in [0.3, 0.4) is 0 Å². The zero-order valence-electron chi connectivity index (χ0n) is 9.56. The summed E-state index contributed by atoms with van der Waals surface area (Å²) in [5.41, 5.74) is 2.21. The Kier molecular flexibility index (Phi) is 2.40. The average molecular weight is 242 g/mol. The van der Waals surface area contributed by atoms with Crippen LogP contribution in [-0.2, 0) is 0 Å². The highest BCUT2D eigenvalue weighted by Gasteiger charge is 2.30. The van der Waals surface area contributed by atoms with E-state index in [0.29, 0.717) is 12.0 Å². The topological polar surface area (TPSA) is 37.3 Å². The minimum atomic E-state index is -0.299. The lowest BCUT2D eigenvalue weighted by molar-refractivity contribution is 0.0991. The van der Waals surface area contributed by atoms with Crippen molar-refractivity contribution in [2.45, 2.75) is 12.3 Å². The molecule has 0 aromatic heterocycles. The molecule has 1 aliphatic rings. The molecule has 2 aromatic rings. The SMILES string of the molecule is O=C1CC(c2cccc(F)c2)c2ccc(O)cc21. The van der Waals surface area contributed by atoms with Gasteiger partial charge >= 0.3 is 0 Å². The molecule has 1 N–H and O–H groups in total. The summed E-state index contributed by atoms with van der Waals surface area (Å²) in [5.74, 6) is -0.326. The molecule has 0 fully saturated rings. The summed E-state index contributed by atoms with van der Waals surface area (Å²) >= 11 is 0. The zero-order valence-corrected chi connectivity index (χ0v) is 9.56. The molecule has 0 saturated heterocycles. The molecule has 90 valence electrons. The number of hydrogen-bond acceptors (Lipinski definition) is 2. The normalized spacial score (nSPS) is 17.8. The van der Waals surface area contributed by atoms with Gasteiger partial charge in [-0.2, -0.15) is 0 Å². The molecule has 3 rings (SSSR count). The summed E-state index contributed by atoms with van der Waals surface area (Å²) < 4.78 is 13.2. The number of halogens is 1. The Morgan fingerprint density at radius 2 is 2.00 bits per heavy atom. The Hall–Kier alpha value is -2.16. The summed E-state index contributed by atoms with van der Waals surface area (Å²) in [6.07, 6.45) is 0.336. The third kappa shape index (κ3) is 1.68. The monoisotopic (exact) mass is 242 g/mol. The van der Waals surface area contributed by atoms with Gasteiger partial charge in [0.25, 0.3) is 0 Å². The number of aromatic hydroxyl groups is 1. The van der Waals surface area contributed by atoms with Crippen LogP contribution in [0.15, 0.2) is 42.5 Å². The second kappa shape index (κ2) is 3.95. The molecule has 0 heterocycles. The Labute approximate surface area is 104 Å². The van der Waals surface area contributed by atoms with Crippen LogP contribution < -0.4 is 0 Å². The summed E-state index contributed by atoms with van der Waals surface area (Å²) in [6, 6.07) is 11.1. The van der Waals surface area contributed by atoms with E-state index in [0.717, 1.165) is 11.1 Å². The van der Waals surface area contributed by atoms with E-state index in [-0.39, 0.29) is 23.3 Å². The molecule has 18 heavy (non-hydrogen) atoms. The van der Waals surface area contributed by atoms with Gasteiger partial charge in [-0.15, -0.1) is 0 Å². The van der Waals surface area contributed by atoms with Gasteiger partial charge in [0.15, 0.2) is 5.78 Å². The first-order chi connectivity index (χ1) is 8.65. The maximum atomic E-state index is 13.2. The molecular weight excluding hydrogens is 231 g/mol. The van der Waals surface area contributed by atoms with Crippen molar-refractivity contribution in [1.29, 1.82) is 0 Å². The first-order valence-electron chi connectivity index (χ1n) is 5.77. The minimum absolute atomic E-state index is 0.00448. The number of benzene rings is 2. The Bertz CT molecular complexity index is 634. The first-order valence-corrected chi connectivity index (χ1v) is 5.77. The van der Waals surface area contributed by atoms with Crippen molar-refractivity contribution >= 4 is 5.78 Å². The maximum Gasteiger partial charge on any atom is 0.164 e. The predicted molar refractivity (Wildman–Crippen MR) is 65.3 cm³/mol. The lowest BCUT2D eigenvalue weighted by Gasteiger charge is -2.11. The average Bonchev–Trinajstić information content (AvgIpc) is 2.67. The predicted octanol–water partition coefficient (Wildman–Crippen LogP) is 3.25. The van der Waals surface area contributed by atoms with Gasteiger partial charge in [0, 0.05) is 17.9 Å². The van der Waals surface area contributed by atoms with E-state index in [4.69, 9.17) is 0 Å². The highest BCUT2D eigenvalue weighted by Crippen LogP contribution is 2.39. The Balaban J connectivity index is 2.10. The van der Waals surface area contributed by atoms with Gasteiger partial charge < -0.3 is 5.11 Å². The number of hydrogen-bond donors (Lipinski definition) is 1. The zero-order chi connectivity index (χ0) is 12.7. The molecule has 2 nitrogen and oxygen atoms in total. The Morgan fingerprint density at radius 3 is 2.78 bits per heavy atom. The smallest absolute Gasteiger partial charge is 0.164 e. The van der Waals surface area contributed by atoms with Crippen LogP contribution in [0.25, 0.3) is 0 Å². The highest BCUT2D eigenvalue weighted by molar-refractivity contribution is 6.02. The quantitative estimate of drug-likeness (QED) is 0.833. The number of phenolic OH excluding ortho intramolecular Hbond substituents is 1. The summed E-state index contributed by atoms with van der Waals surface area (Å²) in [6.45, 7) is 0. The van der Waals surface area contributed by atoms with Crippen LogP contribution in [0, 0.1) is 5.82 Å². The molecule has 0 amide bonds. The lowest BCUT2D eigenvalue weighted by Crippen LogP contribution is -1.97. The molecule has 0 saturated carbocycles. The number of rotatable bonds is 1.